The molecule has 7 nitrogen and oxygen atoms in total. The first-order valence-electron chi connectivity index (χ1n) is 11.4. The molecule has 0 aliphatic carbocycles. The van der Waals surface area contributed by atoms with Crippen molar-refractivity contribution in [3.8, 4) is 11.4 Å². The van der Waals surface area contributed by atoms with Crippen LogP contribution in [0.25, 0.3) is 5.69 Å². The molecule has 174 valence electrons. The molecule has 0 saturated carbocycles. The number of hydrogen-bond acceptors (Lipinski definition) is 6. The molecule has 0 radical (unpaired) electrons. The molecule has 4 rings (SSSR count). The van der Waals surface area contributed by atoms with Crippen molar-refractivity contribution in [1.82, 2.24) is 19.7 Å². The Labute approximate surface area is 199 Å². The van der Waals surface area contributed by atoms with Gasteiger partial charge in [0.05, 0.1) is 18.9 Å². The molecule has 2 aromatic carbocycles. The summed E-state index contributed by atoms with van der Waals surface area (Å²) >= 11 is 1.39. The van der Waals surface area contributed by atoms with E-state index in [1.54, 1.807) is 7.11 Å². The number of methoxy groups -OCH3 is 1. The maximum absolute atomic E-state index is 12.6. The molecular formula is C25H31N5O2S. The molecule has 33 heavy (non-hydrogen) atoms. The Kier molecular flexibility index (Phi) is 7.67. The van der Waals surface area contributed by atoms with Crippen molar-refractivity contribution in [2.75, 3.05) is 31.3 Å². The van der Waals surface area contributed by atoms with E-state index in [0.29, 0.717) is 5.16 Å². The van der Waals surface area contributed by atoms with E-state index >= 15 is 0 Å². The Hall–Kier alpha value is -2.84. The van der Waals surface area contributed by atoms with Crippen molar-refractivity contribution in [3.63, 3.8) is 0 Å². The third kappa shape index (κ3) is 5.75. The summed E-state index contributed by atoms with van der Waals surface area (Å²) in [7, 11) is 1.66. The average molecular weight is 466 g/mol. The number of carbonyl (C=O) groups excluding carboxylic acids is 1. The fourth-order valence-electron chi connectivity index (χ4n) is 4.05. The summed E-state index contributed by atoms with van der Waals surface area (Å²) in [6, 6.07) is 15.8. The van der Waals surface area contributed by atoms with Gasteiger partial charge in [-0.25, -0.2) is 0 Å². The van der Waals surface area contributed by atoms with Crippen LogP contribution >= 0.6 is 11.8 Å². The second-order valence-electron chi connectivity index (χ2n) is 8.35. The highest BCUT2D eigenvalue weighted by Crippen LogP contribution is 2.30. The lowest BCUT2D eigenvalue weighted by molar-refractivity contribution is -0.113. The van der Waals surface area contributed by atoms with Crippen LogP contribution in [0.4, 0.5) is 5.69 Å². The van der Waals surface area contributed by atoms with Gasteiger partial charge in [0, 0.05) is 11.4 Å². The molecule has 1 aliphatic rings. The van der Waals surface area contributed by atoms with Crippen LogP contribution in [0, 0.1) is 6.92 Å². The normalized spacial score (nSPS) is 15.2. The zero-order valence-electron chi connectivity index (χ0n) is 19.5. The maximum atomic E-state index is 12.6. The van der Waals surface area contributed by atoms with Crippen molar-refractivity contribution in [2.45, 2.75) is 44.3 Å². The van der Waals surface area contributed by atoms with Gasteiger partial charge in [-0.1, -0.05) is 35.9 Å². The summed E-state index contributed by atoms with van der Waals surface area (Å²) in [5.41, 5.74) is 2.91. The maximum Gasteiger partial charge on any atom is 0.234 e. The Bertz CT molecular complexity index is 1060. The Balaban J connectivity index is 1.55. The quantitative estimate of drug-likeness (QED) is 0.479. The number of anilines is 1. The third-order valence-electron chi connectivity index (χ3n) is 5.97. The fraction of sp³-hybridized carbons (Fsp3) is 0.400. The van der Waals surface area contributed by atoms with Crippen LogP contribution in [-0.4, -0.2) is 51.5 Å². The van der Waals surface area contributed by atoms with E-state index in [2.05, 4.69) is 31.9 Å². The number of piperidine rings is 1. The summed E-state index contributed by atoms with van der Waals surface area (Å²) in [6.07, 6.45) is 3.70. The van der Waals surface area contributed by atoms with Gasteiger partial charge in [0.25, 0.3) is 0 Å². The molecular weight excluding hydrogens is 434 g/mol. The standard InChI is InChI=1S/C25H31N5O2S/c1-18-7-9-20(10-8-18)26-23(31)17-33-25-28-27-24(19(2)29-15-5-4-6-16-29)30(25)21-11-13-22(32-3)14-12-21/h7-14,19H,4-6,15-17H2,1-3H3,(H,26,31)/t19-/m1/s1. The topological polar surface area (TPSA) is 72.3 Å². The van der Waals surface area contributed by atoms with Crippen LogP contribution in [-0.2, 0) is 4.79 Å². The first kappa shape index (κ1) is 23.3. The Morgan fingerprint density at radius 1 is 1.06 bits per heavy atom. The number of amides is 1. The summed E-state index contributed by atoms with van der Waals surface area (Å²) in [6.45, 7) is 6.35. The molecule has 1 atom stereocenters. The largest absolute Gasteiger partial charge is 0.497 e. The van der Waals surface area contributed by atoms with E-state index in [1.165, 1.54) is 31.0 Å². The fourth-order valence-corrected chi connectivity index (χ4v) is 4.81. The van der Waals surface area contributed by atoms with Gasteiger partial charge in [-0.2, -0.15) is 0 Å². The lowest BCUT2D eigenvalue weighted by atomic mass is 10.1. The van der Waals surface area contributed by atoms with E-state index in [0.717, 1.165) is 41.6 Å². The summed E-state index contributed by atoms with van der Waals surface area (Å²) in [4.78, 5) is 15.0. The van der Waals surface area contributed by atoms with Crippen LogP contribution in [0.3, 0.4) is 0 Å². The molecule has 0 bridgehead atoms. The molecule has 1 aromatic heterocycles. The Morgan fingerprint density at radius 3 is 2.42 bits per heavy atom. The van der Waals surface area contributed by atoms with Gasteiger partial charge in [0.15, 0.2) is 11.0 Å². The highest BCUT2D eigenvalue weighted by Gasteiger charge is 2.25. The summed E-state index contributed by atoms with van der Waals surface area (Å²) < 4.78 is 7.40. The third-order valence-corrected chi connectivity index (χ3v) is 6.90. The number of benzene rings is 2. The van der Waals surface area contributed by atoms with Crippen molar-refractivity contribution in [3.05, 3.63) is 59.9 Å². The number of likely N-dealkylation sites (tertiary alicyclic amines) is 1. The van der Waals surface area contributed by atoms with Crippen LogP contribution in [0.5, 0.6) is 5.75 Å². The summed E-state index contributed by atoms with van der Waals surface area (Å²) in [5.74, 6) is 1.87. The first-order valence-corrected chi connectivity index (χ1v) is 12.4. The molecule has 1 fully saturated rings. The van der Waals surface area contributed by atoms with Gasteiger partial charge in [0.2, 0.25) is 5.91 Å². The highest BCUT2D eigenvalue weighted by molar-refractivity contribution is 7.99. The number of rotatable bonds is 8. The monoisotopic (exact) mass is 465 g/mol. The highest BCUT2D eigenvalue weighted by atomic mass is 32.2. The van der Waals surface area contributed by atoms with Gasteiger partial charge >= 0.3 is 0 Å². The number of aromatic nitrogens is 3. The minimum absolute atomic E-state index is 0.0706. The van der Waals surface area contributed by atoms with Crippen LogP contribution in [0.1, 0.15) is 43.6 Å². The van der Waals surface area contributed by atoms with Crippen LogP contribution in [0.15, 0.2) is 53.7 Å². The van der Waals surface area contributed by atoms with Gasteiger partial charge < -0.3 is 10.1 Å². The van der Waals surface area contributed by atoms with E-state index in [-0.39, 0.29) is 17.7 Å². The van der Waals surface area contributed by atoms with E-state index in [9.17, 15) is 4.79 Å². The molecule has 3 aromatic rings. The van der Waals surface area contributed by atoms with Crippen molar-refractivity contribution >= 4 is 23.4 Å². The molecule has 8 heteroatoms. The van der Waals surface area contributed by atoms with Gasteiger partial charge in [-0.15, -0.1) is 10.2 Å². The van der Waals surface area contributed by atoms with Crippen LogP contribution in [0.2, 0.25) is 0 Å². The average Bonchev–Trinajstić information content (AvgIpc) is 3.28. The number of nitrogens with zero attached hydrogens (tertiary/aromatic N) is 4. The number of thioether (sulfide) groups is 1. The first-order chi connectivity index (χ1) is 16.0. The predicted molar refractivity (Wildman–Crippen MR) is 132 cm³/mol. The van der Waals surface area contributed by atoms with Crippen molar-refractivity contribution in [1.29, 1.82) is 0 Å². The minimum atomic E-state index is -0.0706. The number of carbonyl (C=O) groups is 1. The molecule has 0 spiro atoms. The van der Waals surface area contributed by atoms with Crippen LogP contribution < -0.4 is 10.1 Å². The second-order valence-corrected chi connectivity index (χ2v) is 9.29. The number of hydrogen-bond donors (Lipinski definition) is 1. The zero-order chi connectivity index (χ0) is 23.2. The molecule has 1 saturated heterocycles. The van der Waals surface area contributed by atoms with Gasteiger partial charge in [-0.05, 0) is 76.2 Å². The minimum Gasteiger partial charge on any atom is -0.497 e. The van der Waals surface area contributed by atoms with Crippen molar-refractivity contribution < 1.29 is 9.53 Å². The predicted octanol–water partition coefficient (Wildman–Crippen LogP) is 4.86. The van der Waals surface area contributed by atoms with Gasteiger partial charge in [0.1, 0.15) is 5.75 Å². The second kappa shape index (κ2) is 10.9. The SMILES string of the molecule is COc1ccc(-n2c(SCC(=O)Nc3ccc(C)cc3)nnc2[C@@H](C)N2CCCCC2)cc1. The smallest absolute Gasteiger partial charge is 0.234 e. The molecule has 1 N–H and O–H groups in total. The Morgan fingerprint density at radius 2 is 1.76 bits per heavy atom. The van der Waals surface area contributed by atoms with E-state index < -0.39 is 0 Å². The number of aryl methyl sites for hydroxylation is 1. The zero-order valence-corrected chi connectivity index (χ0v) is 20.3. The van der Waals surface area contributed by atoms with E-state index in [4.69, 9.17) is 4.74 Å². The lowest BCUT2D eigenvalue weighted by Crippen LogP contribution is -2.33. The van der Waals surface area contributed by atoms with Gasteiger partial charge in [-0.3, -0.25) is 14.3 Å². The lowest BCUT2D eigenvalue weighted by Gasteiger charge is -2.31. The summed E-state index contributed by atoms with van der Waals surface area (Å²) in [5, 5.41) is 12.7. The molecule has 0 unspecified atom stereocenters. The molecule has 2 heterocycles. The number of ether oxygens (including phenoxy) is 1. The number of nitrogens with one attached hydrogen (secondary N) is 1. The van der Waals surface area contributed by atoms with E-state index in [1.807, 2.05) is 55.5 Å². The molecule has 1 aliphatic heterocycles. The van der Waals surface area contributed by atoms with Crippen molar-refractivity contribution in [2.24, 2.45) is 0 Å². The molecule has 1 amide bonds.